The van der Waals surface area contributed by atoms with E-state index in [4.69, 9.17) is 37.6 Å². The van der Waals surface area contributed by atoms with E-state index in [-0.39, 0.29) is 11.3 Å². The van der Waals surface area contributed by atoms with Crippen LogP contribution in [0.15, 0.2) is 33.5 Å². The molecule has 46 heavy (non-hydrogen) atoms. The first-order valence-corrected chi connectivity index (χ1v) is 14.0. The van der Waals surface area contributed by atoms with E-state index in [1.165, 1.54) is 18.2 Å². The highest BCUT2D eigenvalue weighted by Crippen LogP contribution is 2.38. The smallest absolute Gasteiger partial charge is 0.379 e. The minimum absolute atomic E-state index is 0.0644. The highest BCUT2D eigenvalue weighted by molar-refractivity contribution is 5.82. The van der Waals surface area contributed by atoms with Gasteiger partial charge in [-0.15, -0.1) is 0 Å². The maximum absolute atomic E-state index is 13.5. The van der Waals surface area contributed by atoms with Crippen molar-refractivity contribution in [3.8, 4) is 5.75 Å². The fraction of sp³-hybridized carbons (Fsp3) is 0.500. The molecule has 16 nitrogen and oxygen atoms in total. The molecular weight excluding hydrogens is 614 g/mol. The first-order chi connectivity index (χ1) is 21.5. The maximum Gasteiger partial charge on any atom is 0.379 e. The summed E-state index contributed by atoms with van der Waals surface area (Å²) in [7, 11) is 1.03. The minimum Gasteiger partial charge on any atom is -0.464 e. The van der Waals surface area contributed by atoms with Crippen LogP contribution < -0.4 is 15.7 Å². The lowest BCUT2D eigenvalue weighted by atomic mass is 9.88. The lowest BCUT2D eigenvalue weighted by molar-refractivity contribution is -0.289. The van der Waals surface area contributed by atoms with Gasteiger partial charge in [-0.1, -0.05) is 0 Å². The quantitative estimate of drug-likeness (QED) is 0.204. The van der Waals surface area contributed by atoms with Crippen LogP contribution in [0.2, 0.25) is 0 Å². The molecule has 250 valence electrons. The van der Waals surface area contributed by atoms with Crippen molar-refractivity contribution in [2.45, 2.75) is 84.2 Å². The van der Waals surface area contributed by atoms with Crippen molar-refractivity contribution < 1.29 is 66.3 Å². The number of fused-ring (bicyclic) bond motifs is 1. The second-order valence-electron chi connectivity index (χ2n) is 10.4. The number of methoxy groups -OCH3 is 1. The molecule has 1 fully saturated rings. The van der Waals surface area contributed by atoms with E-state index in [1.807, 2.05) is 0 Å². The topological polar surface area (TPSA) is 209 Å². The summed E-state index contributed by atoms with van der Waals surface area (Å²) in [6.45, 7) is 6.43. The summed E-state index contributed by atoms with van der Waals surface area (Å²) in [5.74, 6) is -7.73. The third-order valence-corrected chi connectivity index (χ3v) is 6.70. The molecule has 0 saturated carbocycles. The third-order valence-electron chi connectivity index (χ3n) is 6.70. The minimum atomic E-state index is -2.48. The summed E-state index contributed by atoms with van der Waals surface area (Å²) in [5.41, 5.74) is 0.0769. The summed E-state index contributed by atoms with van der Waals surface area (Å²) in [6, 6.07) is 4.27. The van der Waals surface area contributed by atoms with Gasteiger partial charge in [0, 0.05) is 52.1 Å². The molecule has 1 amide bonds. The van der Waals surface area contributed by atoms with Crippen LogP contribution >= 0.6 is 0 Å². The van der Waals surface area contributed by atoms with Crippen molar-refractivity contribution in [1.29, 1.82) is 0 Å². The first-order valence-electron chi connectivity index (χ1n) is 14.0. The molecule has 6 atom stereocenters. The predicted octanol–water partition coefficient (Wildman–Crippen LogP) is 1.00. The van der Waals surface area contributed by atoms with Crippen molar-refractivity contribution in [3.05, 3.63) is 40.2 Å². The molecule has 0 aliphatic carbocycles. The SMILES string of the molecule is COC(=O)[C@@]1(Oc2ccc3c(C)cc(=O)oc3c2)C[C@H](OC(C)=O)[C@@H](NC(C)=O)[C@H]([C@H](OC(C)=O)[C@@H](COC(C)=O)OC(C)=O)O1. The zero-order valence-corrected chi connectivity index (χ0v) is 26.2. The van der Waals surface area contributed by atoms with Gasteiger partial charge in [0.15, 0.2) is 12.2 Å². The van der Waals surface area contributed by atoms with Gasteiger partial charge in [-0.2, -0.15) is 0 Å². The van der Waals surface area contributed by atoms with Gasteiger partial charge in [0.1, 0.15) is 30.1 Å². The van der Waals surface area contributed by atoms with Crippen molar-refractivity contribution in [1.82, 2.24) is 5.32 Å². The van der Waals surface area contributed by atoms with Crippen LogP contribution in [0.5, 0.6) is 5.75 Å². The Morgan fingerprint density at radius 1 is 0.957 bits per heavy atom. The van der Waals surface area contributed by atoms with Gasteiger partial charge in [0.25, 0.3) is 0 Å². The Kier molecular flexibility index (Phi) is 11.5. The van der Waals surface area contributed by atoms with Crippen LogP contribution in [0.3, 0.4) is 0 Å². The van der Waals surface area contributed by atoms with E-state index in [1.54, 1.807) is 13.0 Å². The lowest BCUT2D eigenvalue weighted by Gasteiger charge is -2.48. The van der Waals surface area contributed by atoms with Crippen LogP contribution in [0.25, 0.3) is 11.0 Å². The molecule has 1 aromatic carbocycles. The largest absolute Gasteiger partial charge is 0.464 e. The third kappa shape index (κ3) is 8.80. The number of benzene rings is 1. The van der Waals surface area contributed by atoms with Gasteiger partial charge in [-0.25, -0.2) is 9.59 Å². The predicted molar refractivity (Wildman–Crippen MR) is 153 cm³/mol. The molecule has 0 spiro atoms. The Morgan fingerprint density at radius 2 is 1.63 bits per heavy atom. The highest BCUT2D eigenvalue weighted by atomic mass is 16.7. The number of hydrogen-bond acceptors (Lipinski definition) is 15. The normalized spacial score (nSPS) is 22.0. The summed E-state index contributed by atoms with van der Waals surface area (Å²) in [5, 5.41) is 3.14. The molecule has 0 radical (unpaired) electrons. The molecule has 2 aromatic rings. The molecule has 2 heterocycles. The Labute approximate surface area is 262 Å². The van der Waals surface area contributed by atoms with E-state index in [2.05, 4.69) is 5.32 Å². The number of amides is 1. The molecule has 16 heteroatoms. The molecule has 1 saturated heterocycles. The molecular formula is C30H35NO15. The van der Waals surface area contributed by atoms with Crippen molar-refractivity contribution in [3.63, 3.8) is 0 Å². The fourth-order valence-corrected chi connectivity index (χ4v) is 5.06. The van der Waals surface area contributed by atoms with Gasteiger partial charge >= 0.3 is 41.3 Å². The average Bonchev–Trinajstić information content (AvgIpc) is 2.93. The number of esters is 5. The molecule has 3 rings (SSSR count). The molecule has 1 N–H and O–H groups in total. The summed E-state index contributed by atoms with van der Waals surface area (Å²) < 4.78 is 44.1. The van der Waals surface area contributed by atoms with Crippen LogP contribution in [0.4, 0.5) is 0 Å². The van der Waals surface area contributed by atoms with Crippen molar-refractivity contribution in [2.24, 2.45) is 0 Å². The molecule has 0 unspecified atom stereocenters. The zero-order chi connectivity index (χ0) is 34.3. The molecule has 1 aromatic heterocycles. The van der Waals surface area contributed by atoms with E-state index in [9.17, 15) is 33.6 Å². The maximum atomic E-state index is 13.5. The number of hydrogen-bond donors (Lipinski definition) is 1. The van der Waals surface area contributed by atoms with Crippen molar-refractivity contribution in [2.75, 3.05) is 13.7 Å². The second kappa shape index (κ2) is 14.9. The highest BCUT2D eigenvalue weighted by Gasteiger charge is 2.60. The molecule has 1 aliphatic rings. The van der Waals surface area contributed by atoms with Crippen molar-refractivity contribution >= 4 is 46.7 Å². The van der Waals surface area contributed by atoms with Crippen LogP contribution in [0, 0.1) is 6.92 Å². The number of aryl methyl sites for hydroxylation is 1. The Bertz CT molecular complexity index is 1570. The van der Waals surface area contributed by atoms with E-state index in [0.29, 0.717) is 10.9 Å². The Balaban J connectivity index is 2.25. The number of carbonyl (C=O) groups is 6. The standard InChI is InChI=1S/C30H35NO15/c1-14-10-25(37)44-22-11-20(8-9-21(14)22)45-30(29(38)39-7)12-23(41-17(4)34)26(31-15(2)32)28(46-30)27(43-19(6)36)24(42-18(5)35)13-40-16(3)33/h8-11,23-24,26-28H,12-13H2,1-7H3,(H,31,32)/t23-,24+,26+,27+,28+,30+/m0/s1. The number of ether oxygens (including phenoxy) is 7. The monoisotopic (exact) mass is 649 g/mol. The van der Waals surface area contributed by atoms with E-state index in [0.717, 1.165) is 41.7 Å². The number of rotatable bonds is 11. The second-order valence-corrected chi connectivity index (χ2v) is 10.4. The van der Waals surface area contributed by atoms with E-state index >= 15 is 0 Å². The summed E-state index contributed by atoms with van der Waals surface area (Å²) in [4.78, 5) is 86.4. The molecule has 1 aliphatic heterocycles. The Hall–Kier alpha value is -4.99. The lowest BCUT2D eigenvalue weighted by Crippen LogP contribution is -2.70. The first kappa shape index (κ1) is 35.5. The average molecular weight is 650 g/mol. The van der Waals surface area contributed by atoms with Crippen LogP contribution in [0.1, 0.15) is 46.6 Å². The van der Waals surface area contributed by atoms with Gasteiger partial charge in [0.05, 0.1) is 19.6 Å². The summed E-state index contributed by atoms with van der Waals surface area (Å²) >= 11 is 0. The number of carbonyl (C=O) groups excluding carboxylic acids is 6. The van der Waals surface area contributed by atoms with Gasteiger partial charge in [0.2, 0.25) is 5.91 Å². The number of nitrogens with one attached hydrogen (secondary N) is 1. The zero-order valence-electron chi connectivity index (χ0n) is 26.2. The fourth-order valence-electron chi connectivity index (χ4n) is 5.06. The van der Waals surface area contributed by atoms with Gasteiger partial charge in [-0.3, -0.25) is 24.0 Å². The Morgan fingerprint density at radius 3 is 2.20 bits per heavy atom. The summed E-state index contributed by atoms with van der Waals surface area (Å²) in [6.07, 6.45) is -6.95. The van der Waals surface area contributed by atoms with E-state index < -0.39 is 90.7 Å². The van der Waals surface area contributed by atoms with Crippen LogP contribution in [-0.2, 0) is 57.2 Å². The molecule has 0 bridgehead atoms. The van der Waals surface area contributed by atoms with Gasteiger partial charge < -0.3 is 42.9 Å². The van der Waals surface area contributed by atoms with Crippen LogP contribution in [-0.4, -0.2) is 85.7 Å². The van der Waals surface area contributed by atoms with Gasteiger partial charge in [-0.05, 0) is 24.6 Å².